The van der Waals surface area contributed by atoms with Gasteiger partial charge in [0.05, 0.1) is 18.1 Å². The lowest BCUT2D eigenvalue weighted by atomic mass is 10.1. The Labute approximate surface area is 142 Å². The number of carbonyl (C=O) groups excluding carboxylic acids is 1. The van der Waals surface area contributed by atoms with Crippen LogP contribution in [-0.2, 0) is 18.0 Å². The van der Waals surface area contributed by atoms with Crippen molar-refractivity contribution in [1.29, 1.82) is 0 Å². The summed E-state index contributed by atoms with van der Waals surface area (Å²) in [6, 6.07) is 11.7. The molecule has 1 aromatic heterocycles. The molecule has 0 saturated heterocycles. The van der Waals surface area contributed by atoms with Gasteiger partial charge in [-0.25, -0.2) is 4.39 Å². The van der Waals surface area contributed by atoms with Gasteiger partial charge in [0.25, 0.3) is 5.91 Å². The van der Waals surface area contributed by atoms with E-state index in [4.69, 9.17) is 4.74 Å². The van der Waals surface area contributed by atoms with Crippen LogP contribution in [-0.4, -0.2) is 18.1 Å². The summed E-state index contributed by atoms with van der Waals surface area (Å²) in [5.74, 6) is -0.685. The van der Waals surface area contributed by atoms with Crippen molar-refractivity contribution in [2.45, 2.75) is 13.2 Å². The van der Waals surface area contributed by atoms with E-state index >= 15 is 0 Å². The largest absolute Gasteiger partial charge is 0.392 e. The molecule has 0 bridgehead atoms. The molecule has 2 aromatic carbocycles. The van der Waals surface area contributed by atoms with Crippen LogP contribution in [0.3, 0.4) is 0 Å². The first-order valence-corrected chi connectivity index (χ1v) is 8.15. The first-order valence-electron chi connectivity index (χ1n) is 7.34. The van der Waals surface area contributed by atoms with Crippen LogP contribution in [0.5, 0.6) is 0 Å². The van der Waals surface area contributed by atoms with E-state index in [1.807, 2.05) is 0 Å². The topological polar surface area (TPSA) is 58.6 Å². The molecule has 124 valence electrons. The van der Waals surface area contributed by atoms with E-state index < -0.39 is 0 Å². The fraction of sp³-hybridized carbons (Fsp3) is 0.167. The number of aliphatic hydroxyl groups is 1. The number of carbonyl (C=O) groups is 1. The van der Waals surface area contributed by atoms with Crippen LogP contribution in [0.4, 0.5) is 10.1 Å². The fourth-order valence-corrected chi connectivity index (χ4v) is 3.69. The molecule has 1 heterocycles. The third kappa shape index (κ3) is 3.17. The number of amides is 1. The Balaban J connectivity index is 1.99. The van der Waals surface area contributed by atoms with Crippen LogP contribution in [0.2, 0.25) is 0 Å². The van der Waals surface area contributed by atoms with E-state index in [1.54, 1.807) is 36.4 Å². The zero-order valence-corrected chi connectivity index (χ0v) is 13.8. The molecule has 0 saturated carbocycles. The van der Waals surface area contributed by atoms with Crippen LogP contribution in [0.1, 0.15) is 20.8 Å². The predicted molar refractivity (Wildman–Crippen MR) is 92.8 cm³/mol. The second kappa shape index (κ2) is 7.09. The first-order chi connectivity index (χ1) is 11.6. The van der Waals surface area contributed by atoms with E-state index in [1.165, 1.54) is 24.5 Å². The Morgan fingerprint density at radius 1 is 1.29 bits per heavy atom. The van der Waals surface area contributed by atoms with Gasteiger partial charge in [-0.2, -0.15) is 0 Å². The maximum Gasteiger partial charge on any atom is 0.266 e. The highest BCUT2D eigenvalue weighted by atomic mass is 32.1. The molecule has 4 nitrogen and oxygen atoms in total. The number of halogens is 1. The number of hydrogen-bond donors (Lipinski definition) is 2. The van der Waals surface area contributed by atoms with Gasteiger partial charge < -0.3 is 15.2 Å². The number of hydrogen-bond acceptors (Lipinski definition) is 4. The third-order valence-corrected chi connectivity index (χ3v) is 4.82. The van der Waals surface area contributed by atoms with Gasteiger partial charge >= 0.3 is 0 Å². The normalized spacial score (nSPS) is 11.0. The summed E-state index contributed by atoms with van der Waals surface area (Å²) in [7, 11) is 1.51. The lowest BCUT2D eigenvalue weighted by molar-refractivity contribution is 0.102. The molecule has 6 heteroatoms. The third-order valence-electron chi connectivity index (χ3n) is 3.63. The van der Waals surface area contributed by atoms with Crippen LogP contribution in [0, 0.1) is 5.82 Å². The zero-order valence-electron chi connectivity index (χ0n) is 13.0. The summed E-state index contributed by atoms with van der Waals surface area (Å²) < 4.78 is 20.0. The first kappa shape index (κ1) is 16.6. The highest BCUT2D eigenvalue weighted by Crippen LogP contribution is 2.34. The summed E-state index contributed by atoms with van der Waals surface area (Å²) in [5, 5.41) is 12.4. The Morgan fingerprint density at radius 3 is 2.83 bits per heavy atom. The summed E-state index contributed by atoms with van der Waals surface area (Å²) >= 11 is 1.23. The molecule has 0 aliphatic carbocycles. The number of thiophene rings is 1. The van der Waals surface area contributed by atoms with E-state index in [2.05, 4.69) is 5.32 Å². The van der Waals surface area contributed by atoms with Gasteiger partial charge in [0, 0.05) is 28.4 Å². The Morgan fingerprint density at radius 2 is 2.08 bits per heavy atom. The number of methoxy groups -OCH3 is 1. The predicted octanol–water partition coefficient (Wildman–Crippen LogP) is 3.93. The molecule has 0 aliphatic rings. The van der Waals surface area contributed by atoms with Crippen molar-refractivity contribution in [3.63, 3.8) is 0 Å². The zero-order chi connectivity index (χ0) is 17.1. The van der Waals surface area contributed by atoms with Crippen LogP contribution >= 0.6 is 11.3 Å². The molecule has 0 atom stereocenters. The second-order valence-electron chi connectivity index (χ2n) is 5.27. The fourth-order valence-electron chi connectivity index (χ4n) is 2.57. The Hall–Kier alpha value is -2.28. The summed E-state index contributed by atoms with van der Waals surface area (Å²) in [6.07, 6.45) is 0. The lowest BCUT2D eigenvalue weighted by Crippen LogP contribution is -2.12. The highest BCUT2D eigenvalue weighted by molar-refractivity contribution is 7.21. The number of fused-ring (bicyclic) bond motifs is 1. The molecule has 0 radical (unpaired) electrons. The summed E-state index contributed by atoms with van der Waals surface area (Å²) in [6.45, 7) is 0.0487. The molecule has 3 rings (SSSR count). The average molecular weight is 345 g/mol. The minimum atomic E-state index is -0.364. The van der Waals surface area contributed by atoms with Crippen LogP contribution in [0.25, 0.3) is 10.1 Å². The lowest BCUT2D eigenvalue weighted by Gasteiger charge is -2.07. The van der Waals surface area contributed by atoms with Gasteiger partial charge in [-0.1, -0.05) is 18.2 Å². The number of ether oxygens (including phenoxy) is 1. The van der Waals surface area contributed by atoms with Gasteiger partial charge in [-0.3, -0.25) is 4.79 Å². The smallest absolute Gasteiger partial charge is 0.266 e. The minimum absolute atomic E-state index is 0.104. The molecule has 2 N–H and O–H groups in total. The average Bonchev–Trinajstić information content (AvgIpc) is 2.95. The number of aliphatic hydroxyl groups excluding tert-OH is 1. The quantitative estimate of drug-likeness (QED) is 0.736. The molecule has 24 heavy (non-hydrogen) atoms. The van der Waals surface area contributed by atoms with Crippen molar-refractivity contribution < 1.29 is 19.0 Å². The number of anilines is 1. The molecular weight excluding hydrogens is 329 g/mol. The molecule has 1 amide bonds. The standard InChI is InChI=1S/C18H16FNO3S/c1-23-10-13-16-14(19)6-3-7-15(16)24-17(13)18(22)20-12-5-2-4-11(8-12)9-21/h2-8,21H,9-10H2,1H3,(H,20,22). The van der Waals surface area contributed by atoms with Gasteiger partial charge in [0.2, 0.25) is 0 Å². The van der Waals surface area contributed by atoms with Gasteiger partial charge in [0.15, 0.2) is 0 Å². The maximum atomic E-state index is 14.2. The molecule has 3 aromatic rings. The van der Waals surface area contributed by atoms with Crippen molar-refractivity contribution in [2.24, 2.45) is 0 Å². The SMILES string of the molecule is COCc1c(C(=O)Nc2cccc(CO)c2)sc2cccc(F)c12. The van der Waals surface area contributed by atoms with Crippen LogP contribution in [0.15, 0.2) is 42.5 Å². The second-order valence-corrected chi connectivity index (χ2v) is 6.32. The van der Waals surface area contributed by atoms with E-state index in [-0.39, 0.29) is 24.9 Å². The number of nitrogens with one attached hydrogen (secondary N) is 1. The van der Waals surface area contributed by atoms with Gasteiger partial charge in [-0.05, 0) is 29.8 Å². The van der Waals surface area contributed by atoms with Crippen molar-refractivity contribution in [3.05, 3.63) is 64.3 Å². The van der Waals surface area contributed by atoms with Crippen molar-refractivity contribution in [3.8, 4) is 0 Å². The molecule has 0 spiro atoms. The number of benzene rings is 2. The van der Waals surface area contributed by atoms with E-state index in [0.717, 1.165) is 0 Å². The summed E-state index contributed by atoms with van der Waals surface area (Å²) in [4.78, 5) is 13.1. The van der Waals surface area contributed by atoms with Gasteiger partial charge in [0.1, 0.15) is 5.82 Å². The van der Waals surface area contributed by atoms with Crippen molar-refractivity contribution >= 4 is 33.0 Å². The van der Waals surface area contributed by atoms with Crippen LogP contribution < -0.4 is 5.32 Å². The van der Waals surface area contributed by atoms with E-state index in [0.29, 0.717) is 31.8 Å². The highest BCUT2D eigenvalue weighted by Gasteiger charge is 2.20. The minimum Gasteiger partial charge on any atom is -0.392 e. The molecule has 0 fully saturated rings. The van der Waals surface area contributed by atoms with Gasteiger partial charge in [-0.15, -0.1) is 11.3 Å². The molecular formula is C18H16FNO3S. The summed E-state index contributed by atoms with van der Waals surface area (Å²) in [5.41, 5.74) is 1.83. The number of rotatable bonds is 5. The van der Waals surface area contributed by atoms with E-state index in [9.17, 15) is 14.3 Å². The monoisotopic (exact) mass is 345 g/mol. The Kier molecular flexibility index (Phi) is 4.89. The molecule has 0 unspecified atom stereocenters. The van der Waals surface area contributed by atoms with Crippen molar-refractivity contribution in [2.75, 3.05) is 12.4 Å². The maximum absolute atomic E-state index is 14.2. The van der Waals surface area contributed by atoms with Crippen molar-refractivity contribution in [1.82, 2.24) is 0 Å². The molecule has 0 aliphatic heterocycles. The Bertz CT molecular complexity index is 891.